The topological polar surface area (TPSA) is 17.1 Å². The van der Waals surface area contributed by atoms with E-state index in [0.717, 1.165) is 16.7 Å². The van der Waals surface area contributed by atoms with E-state index in [4.69, 9.17) is 0 Å². The molecule has 0 aliphatic rings. The number of halogens is 1. The smallest absolute Gasteiger partial charge is 0.141 e. The van der Waals surface area contributed by atoms with Crippen LogP contribution in [0, 0.1) is 12.7 Å². The van der Waals surface area contributed by atoms with E-state index in [1.54, 1.807) is 12.1 Å². The molecule has 2 aromatic carbocycles. The largest absolute Gasteiger partial charge is 0.299 e. The third-order valence-electron chi connectivity index (χ3n) is 2.77. The minimum Gasteiger partial charge on any atom is -0.299 e. The Morgan fingerprint density at radius 1 is 1.00 bits per heavy atom. The Balaban J connectivity index is 2.01. The van der Waals surface area contributed by atoms with Crippen molar-refractivity contribution in [1.29, 1.82) is 0 Å². The van der Waals surface area contributed by atoms with Gasteiger partial charge in [-0.2, -0.15) is 0 Å². The molecule has 0 radical (unpaired) electrons. The number of hydrogen-bond donors (Lipinski definition) is 0. The molecule has 0 aliphatic heterocycles. The highest BCUT2D eigenvalue weighted by molar-refractivity contribution is 5.83. The first-order valence-corrected chi connectivity index (χ1v) is 5.95. The van der Waals surface area contributed by atoms with Gasteiger partial charge in [-0.15, -0.1) is 0 Å². The highest BCUT2D eigenvalue weighted by Gasteiger charge is 2.06. The van der Waals surface area contributed by atoms with Gasteiger partial charge in [-0.1, -0.05) is 42.0 Å². The Kier molecular flexibility index (Phi) is 3.88. The average Bonchev–Trinajstić information content (AvgIpc) is 2.28. The summed E-state index contributed by atoms with van der Waals surface area (Å²) in [4.78, 5) is 11.9. The summed E-state index contributed by atoms with van der Waals surface area (Å²) in [6, 6.07) is 14.1. The van der Waals surface area contributed by atoms with Crippen molar-refractivity contribution in [3.05, 3.63) is 71.0 Å². The lowest BCUT2D eigenvalue weighted by Crippen LogP contribution is -2.06. The van der Waals surface area contributed by atoms with Crippen molar-refractivity contribution in [2.75, 3.05) is 0 Å². The Labute approximate surface area is 106 Å². The fourth-order valence-electron chi connectivity index (χ4n) is 1.99. The summed E-state index contributed by atoms with van der Waals surface area (Å²) in [6.45, 7) is 2.00. The number of ketones is 1. The molecule has 0 atom stereocenters. The van der Waals surface area contributed by atoms with E-state index < -0.39 is 0 Å². The van der Waals surface area contributed by atoms with Crippen molar-refractivity contribution < 1.29 is 9.18 Å². The van der Waals surface area contributed by atoms with Gasteiger partial charge in [0.25, 0.3) is 0 Å². The standard InChI is InChI=1S/C16H15FO/c1-12-4-2-5-13(8-12)10-16(18)11-14-6-3-7-15(17)9-14/h2-9H,10-11H2,1H3. The summed E-state index contributed by atoms with van der Waals surface area (Å²) in [5.74, 6) is -0.193. The molecule has 0 unspecified atom stereocenters. The van der Waals surface area contributed by atoms with Crippen LogP contribution in [0.4, 0.5) is 4.39 Å². The van der Waals surface area contributed by atoms with Crippen molar-refractivity contribution in [1.82, 2.24) is 0 Å². The van der Waals surface area contributed by atoms with E-state index >= 15 is 0 Å². The Morgan fingerprint density at radius 2 is 1.61 bits per heavy atom. The molecule has 0 spiro atoms. The van der Waals surface area contributed by atoms with Crippen LogP contribution >= 0.6 is 0 Å². The molecule has 92 valence electrons. The second-order valence-electron chi connectivity index (χ2n) is 4.51. The number of carbonyl (C=O) groups is 1. The Morgan fingerprint density at radius 3 is 2.22 bits per heavy atom. The first-order valence-electron chi connectivity index (χ1n) is 5.95. The summed E-state index contributed by atoms with van der Waals surface area (Å²) in [5, 5.41) is 0. The Bertz CT molecular complexity index is 511. The lowest BCUT2D eigenvalue weighted by molar-refractivity contribution is -0.117. The van der Waals surface area contributed by atoms with Crippen LogP contribution in [0.1, 0.15) is 16.7 Å². The molecule has 0 aromatic heterocycles. The molecule has 0 saturated heterocycles. The second-order valence-corrected chi connectivity index (χ2v) is 4.51. The third-order valence-corrected chi connectivity index (χ3v) is 2.77. The summed E-state index contributed by atoms with van der Waals surface area (Å²) in [6.07, 6.45) is 0.684. The van der Waals surface area contributed by atoms with Crippen molar-refractivity contribution in [3.63, 3.8) is 0 Å². The van der Waals surface area contributed by atoms with Gasteiger partial charge >= 0.3 is 0 Å². The predicted molar refractivity (Wildman–Crippen MR) is 70.0 cm³/mol. The van der Waals surface area contributed by atoms with E-state index in [2.05, 4.69) is 0 Å². The quantitative estimate of drug-likeness (QED) is 0.802. The molecule has 0 amide bonds. The SMILES string of the molecule is Cc1cccc(CC(=O)Cc2cccc(F)c2)c1. The number of hydrogen-bond acceptors (Lipinski definition) is 1. The van der Waals surface area contributed by atoms with Crippen LogP contribution in [0.2, 0.25) is 0 Å². The van der Waals surface area contributed by atoms with Crippen molar-refractivity contribution >= 4 is 5.78 Å². The summed E-state index contributed by atoms with van der Waals surface area (Å²) >= 11 is 0. The number of Topliss-reactive ketones (excluding diaryl/α,β-unsaturated/α-hetero) is 1. The maximum atomic E-state index is 13.0. The summed E-state index contributed by atoms with van der Waals surface area (Å²) < 4.78 is 13.0. The lowest BCUT2D eigenvalue weighted by Gasteiger charge is -2.03. The summed E-state index contributed by atoms with van der Waals surface area (Å²) in [5.41, 5.74) is 2.88. The first-order chi connectivity index (χ1) is 8.63. The number of carbonyl (C=O) groups excluding carboxylic acids is 1. The van der Waals surface area contributed by atoms with Crippen molar-refractivity contribution in [2.24, 2.45) is 0 Å². The van der Waals surface area contributed by atoms with Crippen LogP contribution < -0.4 is 0 Å². The molecule has 0 bridgehead atoms. The second kappa shape index (κ2) is 5.58. The van der Waals surface area contributed by atoms with Gasteiger partial charge in [-0.05, 0) is 30.2 Å². The van der Waals surface area contributed by atoms with E-state index in [1.807, 2.05) is 31.2 Å². The molecule has 0 N–H and O–H groups in total. The van der Waals surface area contributed by atoms with Crippen LogP contribution in [0.5, 0.6) is 0 Å². The summed E-state index contributed by atoms with van der Waals surface area (Å²) in [7, 11) is 0. The average molecular weight is 242 g/mol. The van der Waals surface area contributed by atoms with Crippen LogP contribution in [0.25, 0.3) is 0 Å². The van der Waals surface area contributed by atoms with Gasteiger partial charge < -0.3 is 0 Å². The van der Waals surface area contributed by atoms with E-state index in [9.17, 15) is 9.18 Å². The van der Waals surface area contributed by atoms with Gasteiger partial charge in [0.05, 0.1) is 0 Å². The molecule has 2 rings (SSSR count). The molecule has 0 fully saturated rings. The first kappa shape index (κ1) is 12.5. The molecular weight excluding hydrogens is 227 g/mol. The molecule has 0 heterocycles. The maximum Gasteiger partial charge on any atom is 0.141 e. The maximum absolute atomic E-state index is 13.0. The van der Waals surface area contributed by atoms with Gasteiger partial charge in [0.1, 0.15) is 11.6 Å². The highest BCUT2D eigenvalue weighted by atomic mass is 19.1. The minimum atomic E-state index is -0.296. The van der Waals surface area contributed by atoms with E-state index in [0.29, 0.717) is 6.42 Å². The van der Waals surface area contributed by atoms with Crippen molar-refractivity contribution in [2.45, 2.75) is 19.8 Å². The zero-order valence-electron chi connectivity index (χ0n) is 10.3. The predicted octanol–water partition coefficient (Wildman–Crippen LogP) is 3.49. The van der Waals surface area contributed by atoms with Crippen LogP contribution in [0.15, 0.2) is 48.5 Å². The molecule has 0 aliphatic carbocycles. The van der Waals surface area contributed by atoms with Crippen molar-refractivity contribution in [3.8, 4) is 0 Å². The van der Waals surface area contributed by atoms with E-state index in [1.165, 1.54) is 12.1 Å². The number of aryl methyl sites for hydroxylation is 1. The fourth-order valence-corrected chi connectivity index (χ4v) is 1.99. The normalized spacial score (nSPS) is 10.3. The number of benzene rings is 2. The van der Waals surface area contributed by atoms with Gasteiger partial charge in [-0.25, -0.2) is 4.39 Å². The van der Waals surface area contributed by atoms with Gasteiger partial charge in [0.2, 0.25) is 0 Å². The molecular formula is C16H15FO. The van der Waals surface area contributed by atoms with Crippen LogP contribution in [0.3, 0.4) is 0 Å². The van der Waals surface area contributed by atoms with Gasteiger partial charge in [0, 0.05) is 12.8 Å². The van der Waals surface area contributed by atoms with Gasteiger partial charge in [-0.3, -0.25) is 4.79 Å². The monoisotopic (exact) mass is 242 g/mol. The zero-order chi connectivity index (χ0) is 13.0. The molecule has 1 nitrogen and oxygen atoms in total. The fraction of sp³-hybridized carbons (Fsp3) is 0.188. The Hall–Kier alpha value is -1.96. The molecule has 2 aromatic rings. The number of rotatable bonds is 4. The molecule has 2 heteroatoms. The van der Waals surface area contributed by atoms with Gasteiger partial charge in [0.15, 0.2) is 0 Å². The molecule has 0 saturated carbocycles. The third kappa shape index (κ3) is 3.52. The molecule has 18 heavy (non-hydrogen) atoms. The highest BCUT2D eigenvalue weighted by Crippen LogP contribution is 2.09. The van der Waals surface area contributed by atoms with Crippen LogP contribution in [-0.2, 0) is 17.6 Å². The zero-order valence-corrected chi connectivity index (χ0v) is 10.3. The lowest BCUT2D eigenvalue weighted by atomic mass is 10.0. The van der Waals surface area contributed by atoms with Crippen LogP contribution in [-0.4, -0.2) is 5.78 Å². The minimum absolute atomic E-state index is 0.103. The van der Waals surface area contributed by atoms with E-state index in [-0.39, 0.29) is 18.0 Å².